The summed E-state index contributed by atoms with van der Waals surface area (Å²) in [5.41, 5.74) is 1.67. The molecule has 0 bridgehead atoms. The van der Waals surface area contributed by atoms with Crippen LogP contribution in [0.3, 0.4) is 0 Å². The SMILES string of the molecule is COc1ccc(C(c2cc(OC)ccc2OC)N2CCCCC2C(=O)O)c(OC)c1. The van der Waals surface area contributed by atoms with Gasteiger partial charge in [0.1, 0.15) is 29.0 Å². The van der Waals surface area contributed by atoms with E-state index in [1.54, 1.807) is 28.4 Å². The predicted molar refractivity (Wildman–Crippen MR) is 113 cm³/mol. The number of aliphatic carboxylic acids is 1. The second-order valence-electron chi connectivity index (χ2n) is 7.21. The summed E-state index contributed by atoms with van der Waals surface area (Å²) in [5, 5.41) is 9.94. The second-order valence-corrected chi connectivity index (χ2v) is 7.21. The molecule has 3 rings (SSSR count). The Kier molecular flexibility index (Phi) is 7.05. The largest absolute Gasteiger partial charge is 0.497 e. The third-order valence-electron chi connectivity index (χ3n) is 5.63. The summed E-state index contributed by atoms with van der Waals surface area (Å²) in [5.74, 6) is 1.80. The highest BCUT2D eigenvalue weighted by molar-refractivity contribution is 5.74. The number of hydrogen-bond acceptors (Lipinski definition) is 6. The van der Waals surface area contributed by atoms with E-state index in [2.05, 4.69) is 0 Å². The molecule has 1 saturated heterocycles. The second kappa shape index (κ2) is 9.71. The number of ether oxygens (including phenoxy) is 4. The summed E-state index contributed by atoms with van der Waals surface area (Å²) < 4.78 is 22.1. The lowest BCUT2D eigenvalue weighted by Gasteiger charge is -2.40. The van der Waals surface area contributed by atoms with E-state index in [1.807, 2.05) is 41.3 Å². The summed E-state index contributed by atoms with van der Waals surface area (Å²) in [6.45, 7) is 0.650. The average Bonchev–Trinajstić information content (AvgIpc) is 2.79. The van der Waals surface area contributed by atoms with Gasteiger partial charge in [-0.25, -0.2) is 0 Å². The van der Waals surface area contributed by atoms with Crippen LogP contribution in [0.4, 0.5) is 0 Å². The molecular weight excluding hydrogens is 386 g/mol. The van der Waals surface area contributed by atoms with Crippen LogP contribution in [-0.4, -0.2) is 57.0 Å². The molecule has 0 radical (unpaired) electrons. The molecule has 30 heavy (non-hydrogen) atoms. The minimum absolute atomic E-state index is 0.391. The van der Waals surface area contributed by atoms with Crippen molar-refractivity contribution in [3.8, 4) is 23.0 Å². The molecule has 1 aliphatic rings. The Hall–Kier alpha value is -2.93. The van der Waals surface area contributed by atoms with E-state index >= 15 is 0 Å². The maximum absolute atomic E-state index is 12.1. The molecule has 0 saturated carbocycles. The first kappa shape index (κ1) is 21.8. The molecule has 0 amide bonds. The Morgan fingerprint density at radius 2 is 1.57 bits per heavy atom. The zero-order valence-electron chi connectivity index (χ0n) is 17.9. The molecule has 162 valence electrons. The molecule has 0 aromatic heterocycles. The number of rotatable bonds is 8. The number of benzene rings is 2. The van der Waals surface area contributed by atoms with Crippen molar-refractivity contribution in [2.75, 3.05) is 35.0 Å². The highest BCUT2D eigenvalue weighted by atomic mass is 16.5. The van der Waals surface area contributed by atoms with Crippen LogP contribution in [0.15, 0.2) is 36.4 Å². The van der Waals surface area contributed by atoms with Gasteiger partial charge in [-0.3, -0.25) is 9.69 Å². The first-order chi connectivity index (χ1) is 14.5. The molecule has 2 aromatic carbocycles. The van der Waals surface area contributed by atoms with E-state index in [-0.39, 0.29) is 0 Å². The first-order valence-corrected chi connectivity index (χ1v) is 9.96. The smallest absolute Gasteiger partial charge is 0.320 e. The normalized spacial score (nSPS) is 17.8. The van der Waals surface area contributed by atoms with Crippen molar-refractivity contribution >= 4 is 5.97 Å². The minimum atomic E-state index is -0.825. The molecule has 0 spiro atoms. The summed E-state index contributed by atoms with van der Waals surface area (Å²) in [6.07, 6.45) is 2.40. The molecule has 7 heteroatoms. The van der Waals surface area contributed by atoms with Gasteiger partial charge in [0.05, 0.1) is 34.5 Å². The van der Waals surface area contributed by atoms with Crippen molar-refractivity contribution < 1.29 is 28.8 Å². The van der Waals surface area contributed by atoms with Crippen molar-refractivity contribution in [3.63, 3.8) is 0 Å². The van der Waals surface area contributed by atoms with E-state index in [0.29, 0.717) is 36.0 Å². The fraction of sp³-hybridized carbons (Fsp3) is 0.435. The molecule has 2 atom stereocenters. The summed E-state index contributed by atoms with van der Waals surface area (Å²) in [6, 6.07) is 10.2. The number of methoxy groups -OCH3 is 4. The first-order valence-electron chi connectivity index (χ1n) is 9.96. The molecule has 7 nitrogen and oxygen atoms in total. The van der Waals surface area contributed by atoms with Crippen molar-refractivity contribution in [3.05, 3.63) is 47.5 Å². The van der Waals surface area contributed by atoms with E-state index in [1.165, 1.54) is 0 Å². The van der Waals surface area contributed by atoms with Crippen LogP contribution in [0, 0.1) is 0 Å². The van der Waals surface area contributed by atoms with Gasteiger partial charge in [-0.2, -0.15) is 0 Å². The lowest BCUT2D eigenvalue weighted by atomic mass is 9.90. The number of piperidine rings is 1. The van der Waals surface area contributed by atoms with Crippen LogP contribution >= 0.6 is 0 Å². The van der Waals surface area contributed by atoms with E-state index in [9.17, 15) is 9.90 Å². The highest BCUT2D eigenvalue weighted by Crippen LogP contribution is 2.43. The Labute approximate surface area is 177 Å². The van der Waals surface area contributed by atoms with Crippen molar-refractivity contribution in [1.29, 1.82) is 0 Å². The van der Waals surface area contributed by atoms with Crippen LogP contribution in [0.2, 0.25) is 0 Å². The minimum Gasteiger partial charge on any atom is -0.497 e. The zero-order valence-corrected chi connectivity index (χ0v) is 17.9. The Bertz CT molecular complexity index is 884. The zero-order chi connectivity index (χ0) is 21.7. The number of nitrogens with zero attached hydrogens (tertiary/aromatic N) is 1. The van der Waals surface area contributed by atoms with Crippen molar-refractivity contribution in [2.24, 2.45) is 0 Å². The summed E-state index contributed by atoms with van der Waals surface area (Å²) in [4.78, 5) is 14.1. The van der Waals surface area contributed by atoms with Crippen molar-refractivity contribution in [1.82, 2.24) is 4.90 Å². The number of carbonyl (C=O) groups is 1. The summed E-state index contributed by atoms with van der Waals surface area (Å²) in [7, 11) is 6.42. The van der Waals surface area contributed by atoms with E-state index in [0.717, 1.165) is 24.0 Å². The van der Waals surface area contributed by atoms with Gasteiger partial charge in [0, 0.05) is 17.2 Å². The third kappa shape index (κ3) is 4.31. The Balaban J connectivity index is 2.24. The van der Waals surface area contributed by atoms with Gasteiger partial charge < -0.3 is 24.1 Å². The molecule has 0 aliphatic carbocycles. The number of likely N-dealkylation sites (tertiary alicyclic amines) is 1. The quantitative estimate of drug-likeness (QED) is 0.704. The number of hydrogen-bond donors (Lipinski definition) is 1. The fourth-order valence-corrected chi connectivity index (χ4v) is 4.15. The van der Waals surface area contributed by atoms with Gasteiger partial charge in [0.25, 0.3) is 0 Å². The highest BCUT2D eigenvalue weighted by Gasteiger charge is 2.37. The third-order valence-corrected chi connectivity index (χ3v) is 5.63. The molecule has 1 N–H and O–H groups in total. The monoisotopic (exact) mass is 415 g/mol. The van der Waals surface area contributed by atoms with E-state index < -0.39 is 18.1 Å². The van der Waals surface area contributed by atoms with Crippen LogP contribution in [0.5, 0.6) is 23.0 Å². The Morgan fingerprint density at radius 3 is 2.20 bits per heavy atom. The molecule has 1 heterocycles. The van der Waals surface area contributed by atoms with Gasteiger partial charge in [0.2, 0.25) is 0 Å². The van der Waals surface area contributed by atoms with Crippen LogP contribution in [0.1, 0.15) is 36.4 Å². The predicted octanol–water partition coefficient (Wildman–Crippen LogP) is 3.75. The molecule has 1 fully saturated rings. The topological polar surface area (TPSA) is 77.5 Å². The Morgan fingerprint density at radius 1 is 0.900 bits per heavy atom. The standard InChI is InChI=1S/C23H29NO6/c1-27-15-9-11-20(29-3)18(13-15)22(24-12-6-5-7-19(24)23(25)26)17-10-8-16(28-2)14-21(17)30-4/h8-11,13-14,19,22H,5-7,12H2,1-4H3,(H,25,26). The van der Waals surface area contributed by atoms with E-state index in [4.69, 9.17) is 18.9 Å². The average molecular weight is 415 g/mol. The summed E-state index contributed by atoms with van der Waals surface area (Å²) >= 11 is 0. The van der Waals surface area contributed by atoms with Crippen LogP contribution < -0.4 is 18.9 Å². The molecule has 2 unspecified atom stereocenters. The molecular formula is C23H29NO6. The van der Waals surface area contributed by atoms with Gasteiger partial charge in [-0.05, 0) is 49.7 Å². The van der Waals surface area contributed by atoms with Crippen LogP contribution in [0.25, 0.3) is 0 Å². The number of carboxylic acid groups (broad SMARTS) is 1. The number of carboxylic acids is 1. The van der Waals surface area contributed by atoms with Gasteiger partial charge >= 0.3 is 5.97 Å². The molecule has 2 aromatic rings. The maximum Gasteiger partial charge on any atom is 0.320 e. The van der Waals surface area contributed by atoms with Crippen molar-refractivity contribution in [2.45, 2.75) is 31.3 Å². The molecule has 1 aliphatic heterocycles. The fourth-order valence-electron chi connectivity index (χ4n) is 4.15. The van der Waals surface area contributed by atoms with Gasteiger partial charge in [-0.1, -0.05) is 6.42 Å². The maximum atomic E-state index is 12.1. The van der Waals surface area contributed by atoms with Crippen LogP contribution in [-0.2, 0) is 4.79 Å². The van der Waals surface area contributed by atoms with Gasteiger partial charge in [-0.15, -0.1) is 0 Å². The lowest BCUT2D eigenvalue weighted by molar-refractivity contribution is -0.145. The van der Waals surface area contributed by atoms with Gasteiger partial charge in [0.15, 0.2) is 0 Å². The lowest BCUT2D eigenvalue weighted by Crippen LogP contribution is -2.47.